The molecule has 0 heterocycles. The van der Waals surface area contributed by atoms with Crippen LogP contribution in [0.1, 0.15) is 12.8 Å². The zero-order chi connectivity index (χ0) is 5.98. The minimum absolute atomic E-state index is 0.424. The number of rotatable bonds is 2. The van der Waals surface area contributed by atoms with Crippen LogP contribution in [0.25, 0.3) is 0 Å². The predicted octanol–water partition coefficient (Wildman–Crippen LogP) is 1.72. The molecule has 0 spiro atoms. The molecule has 1 fully saturated rings. The van der Waals surface area contributed by atoms with E-state index >= 15 is 0 Å². The third kappa shape index (κ3) is 0.782. The highest BCUT2D eigenvalue weighted by Gasteiger charge is 2.21. The molecule has 0 aliphatic heterocycles. The molecule has 2 nitrogen and oxygen atoms in total. The van der Waals surface area contributed by atoms with Crippen LogP contribution in [0.15, 0.2) is 17.3 Å². The van der Waals surface area contributed by atoms with Gasteiger partial charge in [-0.2, -0.15) is 4.91 Å². The first-order chi connectivity index (χ1) is 3.84. The van der Waals surface area contributed by atoms with Crippen LogP contribution in [0.4, 0.5) is 0 Å². The fraction of sp³-hybridized carbons (Fsp3) is 0.667. The Hall–Kier alpha value is -0.660. The van der Waals surface area contributed by atoms with Gasteiger partial charge in [-0.1, -0.05) is 17.3 Å². The van der Waals surface area contributed by atoms with Crippen LogP contribution < -0.4 is 0 Å². The van der Waals surface area contributed by atoms with Gasteiger partial charge < -0.3 is 0 Å². The number of nitroso groups, excluding NO2 is 1. The molecule has 0 radical (unpaired) electrons. The molecule has 1 atom stereocenters. The maximum atomic E-state index is 9.66. The lowest BCUT2D eigenvalue weighted by Gasteiger charge is -2.25. The van der Waals surface area contributed by atoms with E-state index in [1.807, 2.05) is 0 Å². The van der Waals surface area contributed by atoms with Crippen molar-refractivity contribution in [3.63, 3.8) is 0 Å². The Morgan fingerprint density at radius 2 is 2.62 bits per heavy atom. The molecule has 0 aromatic heterocycles. The van der Waals surface area contributed by atoms with Gasteiger partial charge in [0.15, 0.2) is 0 Å². The molecule has 0 N–H and O–H groups in total. The summed E-state index contributed by atoms with van der Waals surface area (Å²) in [6, 6.07) is 0. The van der Waals surface area contributed by atoms with Crippen molar-refractivity contribution in [1.29, 1.82) is 0 Å². The molecule has 1 aliphatic rings. The summed E-state index contributed by atoms with van der Waals surface area (Å²) in [7, 11) is 0. The topological polar surface area (TPSA) is 29.4 Å². The maximum Gasteiger partial charge on any atom is 0.0876 e. The van der Waals surface area contributed by atoms with Gasteiger partial charge in [0.2, 0.25) is 0 Å². The zero-order valence-corrected chi connectivity index (χ0v) is 4.76. The smallest absolute Gasteiger partial charge is 0.0876 e. The van der Waals surface area contributed by atoms with Crippen LogP contribution in [0.5, 0.6) is 0 Å². The summed E-state index contributed by atoms with van der Waals surface area (Å²) in [6.45, 7) is 4.20. The molecule has 0 amide bonds. The summed E-state index contributed by atoms with van der Waals surface area (Å²) in [5.41, 5.74) is 1.20. The SMILES string of the molecule is C=C1CCC1CN=O. The number of nitrogens with zero attached hydrogens (tertiary/aromatic N) is 1. The van der Waals surface area contributed by atoms with E-state index in [1.54, 1.807) is 0 Å². The second kappa shape index (κ2) is 2.07. The lowest BCUT2D eigenvalue weighted by atomic mass is 9.81. The Labute approximate surface area is 48.6 Å². The average Bonchev–Trinajstić information content (AvgIpc) is 1.79. The minimum Gasteiger partial charge on any atom is -0.151 e. The van der Waals surface area contributed by atoms with Gasteiger partial charge in [-0.15, -0.1) is 0 Å². The highest BCUT2D eigenvalue weighted by molar-refractivity contribution is 5.10. The summed E-state index contributed by atoms with van der Waals surface area (Å²) < 4.78 is 0. The molecule has 0 aromatic carbocycles. The largest absolute Gasteiger partial charge is 0.151 e. The van der Waals surface area contributed by atoms with E-state index < -0.39 is 0 Å². The van der Waals surface area contributed by atoms with Crippen molar-refractivity contribution < 1.29 is 0 Å². The number of hydrogen-bond acceptors (Lipinski definition) is 2. The third-order valence-electron chi connectivity index (χ3n) is 1.69. The van der Waals surface area contributed by atoms with E-state index in [2.05, 4.69) is 11.8 Å². The molecular formula is C6H9NO. The van der Waals surface area contributed by atoms with E-state index in [-0.39, 0.29) is 0 Å². The van der Waals surface area contributed by atoms with E-state index in [9.17, 15) is 4.91 Å². The van der Waals surface area contributed by atoms with Crippen molar-refractivity contribution >= 4 is 0 Å². The van der Waals surface area contributed by atoms with Crippen LogP contribution in [0, 0.1) is 10.8 Å². The fourth-order valence-electron chi connectivity index (χ4n) is 0.863. The van der Waals surface area contributed by atoms with Gasteiger partial charge in [-0.25, -0.2) is 0 Å². The first-order valence-electron chi connectivity index (χ1n) is 2.81. The monoisotopic (exact) mass is 111 g/mol. The molecule has 0 bridgehead atoms. The molecule has 0 aromatic rings. The van der Waals surface area contributed by atoms with Crippen LogP contribution in [0.3, 0.4) is 0 Å². The Morgan fingerprint density at radius 1 is 1.88 bits per heavy atom. The van der Waals surface area contributed by atoms with Gasteiger partial charge in [0.1, 0.15) is 0 Å². The van der Waals surface area contributed by atoms with Crippen molar-refractivity contribution in [2.45, 2.75) is 12.8 Å². The van der Waals surface area contributed by atoms with Crippen LogP contribution >= 0.6 is 0 Å². The van der Waals surface area contributed by atoms with Crippen molar-refractivity contribution in [2.24, 2.45) is 11.1 Å². The van der Waals surface area contributed by atoms with Crippen molar-refractivity contribution in [2.75, 3.05) is 6.54 Å². The Bertz CT molecular complexity index is 120. The van der Waals surface area contributed by atoms with Crippen molar-refractivity contribution in [3.05, 3.63) is 17.1 Å². The molecule has 1 unspecified atom stereocenters. The van der Waals surface area contributed by atoms with Crippen LogP contribution in [-0.2, 0) is 0 Å². The van der Waals surface area contributed by atoms with Gasteiger partial charge >= 0.3 is 0 Å². The quantitative estimate of drug-likeness (QED) is 0.394. The fourth-order valence-corrected chi connectivity index (χ4v) is 0.863. The summed E-state index contributed by atoms with van der Waals surface area (Å²) in [4.78, 5) is 9.66. The minimum atomic E-state index is 0.424. The highest BCUT2D eigenvalue weighted by atomic mass is 16.3. The van der Waals surface area contributed by atoms with Crippen molar-refractivity contribution in [1.82, 2.24) is 0 Å². The zero-order valence-electron chi connectivity index (χ0n) is 4.76. The maximum absolute atomic E-state index is 9.66. The molecule has 2 heteroatoms. The average molecular weight is 111 g/mol. The van der Waals surface area contributed by atoms with E-state index in [0.29, 0.717) is 12.5 Å². The molecule has 8 heavy (non-hydrogen) atoms. The highest BCUT2D eigenvalue weighted by Crippen LogP contribution is 2.31. The van der Waals surface area contributed by atoms with Gasteiger partial charge in [0, 0.05) is 5.92 Å². The second-order valence-electron chi connectivity index (χ2n) is 2.21. The summed E-state index contributed by atoms with van der Waals surface area (Å²) in [5, 5.41) is 2.80. The normalized spacial score (nSPS) is 27.0. The molecular weight excluding hydrogens is 102 g/mol. The lowest BCUT2D eigenvalue weighted by molar-refractivity contribution is 0.456. The van der Waals surface area contributed by atoms with Gasteiger partial charge in [0.05, 0.1) is 6.54 Å². The lowest BCUT2D eigenvalue weighted by Crippen LogP contribution is -2.16. The Morgan fingerprint density at radius 3 is 2.75 bits per heavy atom. The first-order valence-corrected chi connectivity index (χ1v) is 2.81. The summed E-state index contributed by atoms with van der Waals surface area (Å²) in [5.74, 6) is 0.424. The molecule has 0 saturated heterocycles. The van der Waals surface area contributed by atoms with E-state index in [4.69, 9.17) is 0 Å². The molecule has 44 valence electrons. The van der Waals surface area contributed by atoms with E-state index in [1.165, 1.54) is 5.57 Å². The standard InChI is InChI=1S/C6H9NO/c1-5-2-3-6(5)4-7-8/h6H,1-4H2. The first kappa shape index (κ1) is 5.48. The predicted molar refractivity (Wildman–Crippen MR) is 32.5 cm³/mol. The van der Waals surface area contributed by atoms with Gasteiger partial charge in [0.25, 0.3) is 0 Å². The second-order valence-corrected chi connectivity index (χ2v) is 2.21. The van der Waals surface area contributed by atoms with Crippen LogP contribution in [-0.4, -0.2) is 6.54 Å². The Kier molecular flexibility index (Phi) is 1.42. The van der Waals surface area contributed by atoms with Crippen LogP contribution in [0.2, 0.25) is 0 Å². The summed E-state index contributed by atoms with van der Waals surface area (Å²) >= 11 is 0. The van der Waals surface area contributed by atoms with Crippen molar-refractivity contribution in [3.8, 4) is 0 Å². The molecule has 1 rings (SSSR count). The van der Waals surface area contributed by atoms with Gasteiger partial charge in [-0.05, 0) is 12.8 Å². The van der Waals surface area contributed by atoms with E-state index in [0.717, 1.165) is 12.8 Å². The third-order valence-corrected chi connectivity index (χ3v) is 1.69. The number of hydrogen-bond donors (Lipinski definition) is 0. The Balaban J connectivity index is 2.26. The summed E-state index contributed by atoms with van der Waals surface area (Å²) in [6.07, 6.45) is 2.21. The molecule has 1 aliphatic carbocycles. The molecule has 1 saturated carbocycles. The van der Waals surface area contributed by atoms with Gasteiger partial charge in [-0.3, -0.25) is 0 Å².